The number of aromatic nitrogens is 3. The lowest BCUT2D eigenvalue weighted by molar-refractivity contribution is 0.122. The van der Waals surface area contributed by atoms with Crippen molar-refractivity contribution in [2.24, 2.45) is 0 Å². The SMILES string of the molecule is Cc1nc(N2CCOCC2)cc(N2CCN(c3nccc4ccccc34)CC2)n1. The Balaban J connectivity index is 1.33. The molecule has 2 aliphatic rings. The minimum atomic E-state index is 0.759. The summed E-state index contributed by atoms with van der Waals surface area (Å²) < 4.78 is 5.48. The van der Waals surface area contributed by atoms with Gasteiger partial charge in [0, 0.05) is 56.9 Å². The minimum absolute atomic E-state index is 0.759. The van der Waals surface area contributed by atoms with Crippen LogP contribution in [0.3, 0.4) is 0 Å². The highest BCUT2D eigenvalue weighted by atomic mass is 16.5. The van der Waals surface area contributed by atoms with E-state index in [9.17, 15) is 0 Å². The Kier molecular flexibility index (Phi) is 4.89. The summed E-state index contributed by atoms with van der Waals surface area (Å²) in [5, 5.41) is 2.46. The van der Waals surface area contributed by atoms with Crippen molar-refractivity contribution in [3.8, 4) is 0 Å². The molecule has 2 aliphatic heterocycles. The molecule has 0 spiro atoms. The number of anilines is 3. The summed E-state index contributed by atoms with van der Waals surface area (Å²) in [5.74, 6) is 3.93. The number of ether oxygens (including phenoxy) is 1. The number of nitrogens with zero attached hydrogens (tertiary/aromatic N) is 6. The van der Waals surface area contributed by atoms with Crippen LogP contribution in [0.5, 0.6) is 0 Å². The van der Waals surface area contributed by atoms with Crippen molar-refractivity contribution in [1.82, 2.24) is 15.0 Å². The second kappa shape index (κ2) is 7.83. The van der Waals surface area contributed by atoms with Crippen molar-refractivity contribution in [3.63, 3.8) is 0 Å². The van der Waals surface area contributed by atoms with Gasteiger partial charge in [-0.1, -0.05) is 24.3 Å². The topological polar surface area (TPSA) is 57.6 Å². The Bertz CT molecular complexity index is 990. The lowest BCUT2D eigenvalue weighted by Crippen LogP contribution is -2.47. The number of rotatable bonds is 3. The Morgan fingerprint density at radius 2 is 1.45 bits per heavy atom. The third-order valence-electron chi connectivity index (χ3n) is 5.70. The Hall–Kier alpha value is -2.93. The van der Waals surface area contributed by atoms with Crippen molar-refractivity contribution in [3.05, 3.63) is 48.4 Å². The monoisotopic (exact) mass is 390 g/mol. The third kappa shape index (κ3) is 3.70. The standard InChI is InChI=1S/C22H26N6O/c1-17-24-20(16-21(25-17)27-12-14-29-15-13-27)26-8-10-28(11-9-26)22-19-5-3-2-4-18(19)6-7-23-22/h2-7,16H,8-15H2,1H3. The molecule has 0 amide bonds. The molecule has 0 saturated carbocycles. The van der Waals surface area contributed by atoms with Gasteiger partial charge in [-0.15, -0.1) is 0 Å². The molecule has 7 heteroatoms. The largest absolute Gasteiger partial charge is 0.378 e. The molecule has 5 rings (SSSR count). The van der Waals surface area contributed by atoms with Crippen molar-refractivity contribution in [2.45, 2.75) is 6.92 Å². The maximum absolute atomic E-state index is 5.48. The number of hydrogen-bond acceptors (Lipinski definition) is 7. The van der Waals surface area contributed by atoms with Crippen LogP contribution in [0, 0.1) is 6.92 Å². The predicted molar refractivity (Wildman–Crippen MR) is 116 cm³/mol. The molecule has 29 heavy (non-hydrogen) atoms. The molecule has 3 aromatic rings. The summed E-state index contributed by atoms with van der Waals surface area (Å²) in [7, 11) is 0. The number of fused-ring (bicyclic) bond motifs is 1. The van der Waals surface area contributed by atoms with E-state index in [-0.39, 0.29) is 0 Å². The first-order valence-electron chi connectivity index (χ1n) is 10.3. The Morgan fingerprint density at radius 1 is 0.793 bits per heavy atom. The van der Waals surface area contributed by atoms with Gasteiger partial charge in [0.25, 0.3) is 0 Å². The molecule has 2 saturated heterocycles. The van der Waals surface area contributed by atoms with Crippen LogP contribution in [0.15, 0.2) is 42.6 Å². The molecule has 2 aromatic heterocycles. The Labute approximate surface area is 170 Å². The zero-order valence-electron chi connectivity index (χ0n) is 16.8. The molecule has 0 bridgehead atoms. The smallest absolute Gasteiger partial charge is 0.136 e. The molecular formula is C22H26N6O. The normalized spacial score (nSPS) is 17.8. The summed E-state index contributed by atoms with van der Waals surface area (Å²) in [5.41, 5.74) is 0. The van der Waals surface area contributed by atoms with Gasteiger partial charge < -0.3 is 19.4 Å². The molecule has 0 unspecified atom stereocenters. The van der Waals surface area contributed by atoms with E-state index in [1.807, 2.05) is 13.1 Å². The zero-order chi connectivity index (χ0) is 19.6. The molecule has 4 heterocycles. The lowest BCUT2D eigenvalue weighted by atomic mass is 10.1. The van der Waals surface area contributed by atoms with Crippen molar-refractivity contribution >= 4 is 28.2 Å². The van der Waals surface area contributed by atoms with Gasteiger partial charge in [-0.25, -0.2) is 15.0 Å². The van der Waals surface area contributed by atoms with Gasteiger partial charge in [0.05, 0.1) is 13.2 Å². The molecule has 2 fully saturated rings. The van der Waals surface area contributed by atoms with Crippen LogP contribution in [0.4, 0.5) is 17.5 Å². The van der Waals surface area contributed by atoms with Gasteiger partial charge in [0.2, 0.25) is 0 Å². The van der Waals surface area contributed by atoms with Gasteiger partial charge in [-0.05, 0) is 18.4 Å². The molecular weight excluding hydrogens is 364 g/mol. The summed E-state index contributed by atoms with van der Waals surface area (Å²) >= 11 is 0. The molecule has 0 N–H and O–H groups in total. The van der Waals surface area contributed by atoms with Gasteiger partial charge in [-0.3, -0.25) is 0 Å². The number of aryl methyl sites for hydroxylation is 1. The highest BCUT2D eigenvalue weighted by molar-refractivity contribution is 5.92. The van der Waals surface area contributed by atoms with Crippen LogP contribution in [0.2, 0.25) is 0 Å². The summed E-state index contributed by atoms with van der Waals surface area (Å²) in [6, 6.07) is 12.7. The van der Waals surface area contributed by atoms with Crippen molar-refractivity contribution in [1.29, 1.82) is 0 Å². The summed E-state index contributed by atoms with van der Waals surface area (Å²) in [6.07, 6.45) is 1.91. The second-order valence-corrected chi connectivity index (χ2v) is 7.56. The minimum Gasteiger partial charge on any atom is -0.378 e. The van der Waals surface area contributed by atoms with Gasteiger partial charge >= 0.3 is 0 Å². The van der Waals surface area contributed by atoms with Crippen LogP contribution >= 0.6 is 0 Å². The van der Waals surface area contributed by atoms with E-state index in [0.717, 1.165) is 75.8 Å². The number of morpholine rings is 1. The van der Waals surface area contributed by atoms with E-state index in [2.05, 4.69) is 61.1 Å². The van der Waals surface area contributed by atoms with E-state index in [1.54, 1.807) is 0 Å². The van der Waals surface area contributed by atoms with Crippen molar-refractivity contribution in [2.75, 3.05) is 67.2 Å². The van der Waals surface area contributed by atoms with E-state index >= 15 is 0 Å². The van der Waals surface area contributed by atoms with Crippen molar-refractivity contribution < 1.29 is 4.74 Å². The maximum Gasteiger partial charge on any atom is 0.136 e. The predicted octanol–water partition coefficient (Wildman–Crippen LogP) is 2.50. The summed E-state index contributed by atoms with van der Waals surface area (Å²) in [6.45, 7) is 8.96. The second-order valence-electron chi connectivity index (χ2n) is 7.56. The number of benzene rings is 1. The van der Waals surface area contributed by atoms with Crippen LogP contribution in [-0.2, 0) is 4.74 Å². The first-order chi connectivity index (χ1) is 14.3. The summed E-state index contributed by atoms with van der Waals surface area (Å²) in [4.78, 5) is 21.1. The van der Waals surface area contributed by atoms with Crippen LogP contribution in [0.1, 0.15) is 5.82 Å². The van der Waals surface area contributed by atoms with E-state index in [4.69, 9.17) is 9.72 Å². The number of piperazine rings is 1. The number of hydrogen-bond donors (Lipinski definition) is 0. The zero-order valence-corrected chi connectivity index (χ0v) is 16.8. The quantitative estimate of drug-likeness (QED) is 0.681. The molecule has 150 valence electrons. The fraction of sp³-hybridized carbons (Fsp3) is 0.409. The first kappa shape index (κ1) is 18.1. The number of pyridine rings is 1. The molecule has 0 atom stereocenters. The fourth-order valence-electron chi connectivity index (χ4n) is 4.16. The van der Waals surface area contributed by atoms with E-state index in [0.29, 0.717) is 0 Å². The first-order valence-corrected chi connectivity index (χ1v) is 10.3. The van der Waals surface area contributed by atoms with Crippen LogP contribution < -0.4 is 14.7 Å². The average molecular weight is 390 g/mol. The molecule has 7 nitrogen and oxygen atoms in total. The van der Waals surface area contributed by atoms with Gasteiger partial charge in [0.1, 0.15) is 23.3 Å². The van der Waals surface area contributed by atoms with Gasteiger partial charge in [0.15, 0.2) is 0 Å². The molecule has 0 aliphatic carbocycles. The molecule has 0 radical (unpaired) electrons. The van der Waals surface area contributed by atoms with E-state index in [1.165, 1.54) is 10.8 Å². The average Bonchev–Trinajstić information content (AvgIpc) is 2.79. The van der Waals surface area contributed by atoms with Crippen LogP contribution in [-0.4, -0.2) is 67.4 Å². The van der Waals surface area contributed by atoms with Crippen LogP contribution in [0.25, 0.3) is 10.8 Å². The highest BCUT2D eigenvalue weighted by Crippen LogP contribution is 2.27. The maximum atomic E-state index is 5.48. The highest BCUT2D eigenvalue weighted by Gasteiger charge is 2.22. The third-order valence-corrected chi connectivity index (χ3v) is 5.70. The van der Waals surface area contributed by atoms with E-state index < -0.39 is 0 Å². The van der Waals surface area contributed by atoms with Gasteiger partial charge in [-0.2, -0.15) is 0 Å². The Morgan fingerprint density at radius 3 is 2.21 bits per heavy atom. The molecule has 1 aromatic carbocycles. The lowest BCUT2D eigenvalue weighted by Gasteiger charge is -2.37. The fourth-order valence-corrected chi connectivity index (χ4v) is 4.16.